The summed E-state index contributed by atoms with van der Waals surface area (Å²) in [6, 6.07) is 8.69. The molecule has 7 nitrogen and oxygen atoms in total. The van der Waals surface area contributed by atoms with Gasteiger partial charge in [-0.3, -0.25) is 9.59 Å². The lowest BCUT2D eigenvalue weighted by atomic mass is 9.94. The number of aryl methyl sites for hydroxylation is 1. The van der Waals surface area contributed by atoms with Crippen LogP contribution in [0.5, 0.6) is 11.5 Å². The zero-order valence-electron chi connectivity index (χ0n) is 17.5. The van der Waals surface area contributed by atoms with E-state index < -0.39 is 17.7 Å². The smallest absolute Gasteiger partial charge is 0.295 e. The number of aromatic hydroxyl groups is 1. The highest BCUT2D eigenvalue weighted by atomic mass is 35.5. The van der Waals surface area contributed by atoms with Crippen molar-refractivity contribution in [3.63, 3.8) is 0 Å². The number of phenols is 1. The summed E-state index contributed by atoms with van der Waals surface area (Å²) in [5.41, 5.74) is 1.37. The lowest BCUT2D eigenvalue weighted by molar-refractivity contribution is -0.140. The number of hydrogen-bond acceptors (Lipinski definition) is 6. The van der Waals surface area contributed by atoms with Gasteiger partial charge in [0.15, 0.2) is 0 Å². The molecule has 1 aliphatic rings. The summed E-state index contributed by atoms with van der Waals surface area (Å²) in [6.45, 7) is 2.43. The molecule has 3 rings (SSSR count). The standard InChI is InChI=1S/C23H24ClNO6/c1-13-10-16(22(31-3)17(24)11-13)20(27)18-19(14-6-4-7-15(26)12-14)25(8-5-9-30-2)23(29)21(18)28/h4,6-7,10-12,19,26-27H,5,8-9H2,1-3H3/b20-18+. The van der Waals surface area contributed by atoms with Crippen LogP contribution in [0.2, 0.25) is 5.02 Å². The van der Waals surface area contributed by atoms with Crippen molar-refractivity contribution < 1.29 is 29.3 Å². The minimum atomic E-state index is -0.882. The molecular formula is C23H24ClNO6. The highest BCUT2D eigenvalue weighted by molar-refractivity contribution is 6.46. The highest BCUT2D eigenvalue weighted by Gasteiger charge is 2.46. The topological polar surface area (TPSA) is 96.3 Å². The molecular weight excluding hydrogens is 422 g/mol. The van der Waals surface area contributed by atoms with Gasteiger partial charge in [-0.15, -0.1) is 0 Å². The molecule has 0 aliphatic carbocycles. The summed E-state index contributed by atoms with van der Waals surface area (Å²) in [6.07, 6.45) is 0.498. The summed E-state index contributed by atoms with van der Waals surface area (Å²) in [4.78, 5) is 27.3. The number of aliphatic hydroxyl groups is 1. The normalized spacial score (nSPS) is 17.9. The van der Waals surface area contributed by atoms with E-state index in [2.05, 4.69) is 0 Å². The van der Waals surface area contributed by atoms with Gasteiger partial charge in [0.05, 0.1) is 29.3 Å². The third-order valence-electron chi connectivity index (χ3n) is 5.12. The van der Waals surface area contributed by atoms with E-state index in [-0.39, 0.29) is 40.0 Å². The van der Waals surface area contributed by atoms with Crippen molar-refractivity contribution in [2.45, 2.75) is 19.4 Å². The Morgan fingerprint density at radius 3 is 2.58 bits per heavy atom. The van der Waals surface area contributed by atoms with E-state index in [1.54, 1.807) is 38.3 Å². The number of phenolic OH excluding ortho intramolecular Hbond substituents is 1. The Morgan fingerprint density at radius 1 is 1.19 bits per heavy atom. The van der Waals surface area contributed by atoms with Crippen molar-refractivity contribution in [3.8, 4) is 11.5 Å². The Morgan fingerprint density at radius 2 is 1.94 bits per heavy atom. The lowest BCUT2D eigenvalue weighted by Crippen LogP contribution is -2.31. The molecule has 0 radical (unpaired) electrons. The van der Waals surface area contributed by atoms with Gasteiger partial charge < -0.3 is 24.6 Å². The molecule has 1 fully saturated rings. The Hall–Kier alpha value is -3.03. The van der Waals surface area contributed by atoms with E-state index in [0.717, 1.165) is 5.56 Å². The highest BCUT2D eigenvalue weighted by Crippen LogP contribution is 2.43. The monoisotopic (exact) mass is 445 g/mol. The molecule has 0 spiro atoms. The van der Waals surface area contributed by atoms with E-state index in [1.165, 1.54) is 24.1 Å². The van der Waals surface area contributed by atoms with Crippen LogP contribution >= 0.6 is 11.6 Å². The largest absolute Gasteiger partial charge is 0.508 e. The van der Waals surface area contributed by atoms with Gasteiger partial charge in [0.25, 0.3) is 11.7 Å². The molecule has 2 aromatic rings. The van der Waals surface area contributed by atoms with Crippen molar-refractivity contribution in [1.29, 1.82) is 0 Å². The number of benzene rings is 2. The minimum Gasteiger partial charge on any atom is -0.508 e. The van der Waals surface area contributed by atoms with Crippen LogP contribution in [0.4, 0.5) is 0 Å². The quantitative estimate of drug-likeness (QED) is 0.291. The number of ketones is 1. The molecule has 1 unspecified atom stereocenters. The number of nitrogens with zero attached hydrogens (tertiary/aromatic N) is 1. The number of amides is 1. The van der Waals surface area contributed by atoms with E-state index >= 15 is 0 Å². The summed E-state index contributed by atoms with van der Waals surface area (Å²) in [5, 5.41) is 21.5. The molecule has 1 amide bonds. The van der Waals surface area contributed by atoms with Crippen LogP contribution in [0.25, 0.3) is 5.76 Å². The number of rotatable bonds is 7. The number of hydrogen-bond donors (Lipinski definition) is 2. The molecule has 8 heteroatoms. The first-order valence-electron chi connectivity index (χ1n) is 9.71. The first-order valence-corrected chi connectivity index (χ1v) is 10.1. The summed E-state index contributed by atoms with van der Waals surface area (Å²) in [5.74, 6) is -1.75. The van der Waals surface area contributed by atoms with Gasteiger partial charge in [-0.2, -0.15) is 0 Å². The SMILES string of the molecule is COCCCN1C(=O)C(=O)/C(=C(/O)c2cc(C)cc(Cl)c2OC)C1c1cccc(O)c1. The zero-order valence-corrected chi connectivity index (χ0v) is 18.3. The van der Waals surface area contributed by atoms with Crippen molar-refractivity contribution in [3.05, 3.63) is 63.7 Å². The van der Waals surface area contributed by atoms with Gasteiger partial charge >= 0.3 is 0 Å². The molecule has 1 atom stereocenters. The van der Waals surface area contributed by atoms with E-state index in [9.17, 15) is 19.8 Å². The Balaban J connectivity index is 2.23. The number of Topliss-reactive ketones (excluding diaryl/α,β-unsaturated/α-hetero) is 1. The number of halogens is 1. The molecule has 2 N–H and O–H groups in total. The third kappa shape index (κ3) is 4.38. The summed E-state index contributed by atoms with van der Waals surface area (Å²) >= 11 is 6.27. The number of methoxy groups -OCH3 is 2. The van der Waals surface area contributed by atoms with Crippen LogP contribution in [0, 0.1) is 6.92 Å². The number of likely N-dealkylation sites (tertiary alicyclic amines) is 1. The van der Waals surface area contributed by atoms with Gasteiger partial charge in [-0.25, -0.2) is 0 Å². The fraction of sp³-hybridized carbons (Fsp3) is 0.304. The van der Waals surface area contributed by atoms with Crippen LogP contribution in [0.15, 0.2) is 42.0 Å². The van der Waals surface area contributed by atoms with Gasteiger partial charge in [0, 0.05) is 20.3 Å². The van der Waals surface area contributed by atoms with Crippen LogP contribution < -0.4 is 4.74 Å². The van der Waals surface area contributed by atoms with Crippen LogP contribution in [-0.2, 0) is 14.3 Å². The Bertz CT molecular complexity index is 1050. The van der Waals surface area contributed by atoms with Crippen molar-refractivity contribution >= 4 is 29.1 Å². The first-order chi connectivity index (χ1) is 14.8. The maximum atomic E-state index is 13.0. The average Bonchev–Trinajstić information content (AvgIpc) is 2.98. The van der Waals surface area contributed by atoms with E-state index in [4.69, 9.17) is 21.1 Å². The average molecular weight is 446 g/mol. The molecule has 0 saturated carbocycles. The number of aliphatic hydroxyl groups excluding tert-OH is 1. The fourth-order valence-electron chi connectivity index (χ4n) is 3.79. The maximum Gasteiger partial charge on any atom is 0.295 e. The Kier molecular flexibility index (Phi) is 6.87. The molecule has 164 valence electrons. The van der Waals surface area contributed by atoms with E-state index in [0.29, 0.717) is 18.6 Å². The minimum absolute atomic E-state index is 0.0174. The predicted molar refractivity (Wildman–Crippen MR) is 116 cm³/mol. The third-order valence-corrected chi connectivity index (χ3v) is 5.40. The summed E-state index contributed by atoms with van der Waals surface area (Å²) in [7, 11) is 2.96. The second-order valence-corrected chi connectivity index (χ2v) is 7.67. The van der Waals surface area contributed by atoms with Gasteiger partial charge in [0.2, 0.25) is 0 Å². The van der Waals surface area contributed by atoms with Gasteiger partial charge in [-0.1, -0.05) is 23.7 Å². The number of carbonyl (C=O) groups is 2. The van der Waals surface area contributed by atoms with Crippen LogP contribution in [0.1, 0.15) is 29.2 Å². The molecule has 31 heavy (non-hydrogen) atoms. The van der Waals surface area contributed by atoms with Gasteiger partial charge in [-0.05, 0) is 48.7 Å². The second-order valence-electron chi connectivity index (χ2n) is 7.26. The van der Waals surface area contributed by atoms with E-state index in [1.807, 2.05) is 0 Å². The Labute approximate surface area is 185 Å². The number of carbonyl (C=O) groups excluding carboxylic acids is 2. The predicted octanol–water partition coefficient (Wildman–Crippen LogP) is 3.82. The molecule has 1 aliphatic heterocycles. The molecule has 0 aromatic heterocycles. The van der Waals surface area contributed by atoms with Crippen LogP contribution in [0.3, 0.4) is 0 Å². The maximum absolute atomic E-state index is 13.0. The molecule has 1 saturated heterocycles. The van der Waals surface area contributed by atoms with Crippen molar-refractivity contribution in [2.24, 2.45) is 0 Å². The summed E-state index contributed by atoms with van der Waals surface area (Å²) < 4.78 is 10.4. The van der Waals surface area contributed by atoms with Gasteiger partial charge in [0.1, 0.15) is 17.3 Å². The van der Waals surface area contributed by atoms with Crippen molar-refractivity contribution in [1.82, 2.24) is 4.90 Å². The van der Waals surface area contributed by atoms with Crippen LogP contribution in [-0.4, -0.2) is 54.2 Å². The molecule has 2 aromatic carbocycles. The molecule has 0 bridgehead atoms. The fourth-order valence-corrected chi connectivity index (χ4v) is 4.14. The second kappa shape index (κ2) is 9.41. The lowest BCUT2D eigenvalue weighted by Gasteiger charge is -2.25. The first kappa shape index (κ1) is 22.7. The molecule has 1 heterocycles. The number of ether oxygens (including phenoxy) is 2. The van der Waals surface area contributed by atoms with Crippen molar-refractivity contribution in [2.75, 3.05) is 27.4 Å². The zero-order chi connectivity index (χ0) is 22.7.